The van der Waals surface area contributed by atoms with Gasteiger partial charge in [-0.2, -0.15) is 0 Å². The van der Waals surface area contributed by atoms with Crippen molar-refractivity contribution in [1.82, 2.24) is 5.32 Å². The van der Waals surface area contributed by atoms with E-state index in [0.29, 0.717) is 17.8 Å². The summed E-state index contributed by atoms with van der Waals surface area (Å²) in [6.45, 7) is 0.373. The number of imide groups is 1. The molecule has 166 valence electrons. The van der Waals surface area contributed by atoms with Crippen LogP contribution in [0.2, 0.25) is 10.0 Å². The topological polar surface area (TPSA) is 78.5 Å². The summed E-state index contributed by atoms with van der Waals surface area (Å²) < 4.78 is 0. The lowest BCUT2D eigenvalue weighted by molar-refractivity contribution is -0.120. The summed E-state index contributed by atoms with van der Waals surface area (Å²) in [5, 5.41) is 5.95. The smallest absolute Gasteiger partial charge is 0.283 e. The highest BCUT2D eigenvalue weighted by Gasteiger charge is 2.39. The molecule has 4 rings (SSSR count). The van der Waals surface area contributed by atoms with Crippen molar-refractivity contribution in [3.63, 3.8) is 0 Å². The van der Waals surface area contributed by atoms with Crippen molar-refractivity contribution in [3.8, 4) is 0 Å². The van der Waals surface area contributed by atoms with Crippen molar-refractivity contribution < 1.29 is 14.4 Å². The lowest BCUT2D eigenvalue weighted by Gasteiger charge is -2.16. The second kappa shape index (κ2) is 9.67. The highest BCUT2D eigenvalue weighted by Crippen LogP contribution is 2.33. The van der Waals surface area contributed by atoms with E-state index in [2.05, 4.69) is 10.6 Å². The molecule has 3 aromatic carbocycles. The maximum atomic E-state index is 13.0. The van der Waals surface area contributed by atoms with E-state index in [1.807, 2.05) is 30.3 Å². The molecule has 1 aliphatic heterocycles. The second-order valence-corrected chi connectivity index (χ2v) is 8.39. The van der Waals surface area contributed by atoms with Crippen LogP contribution in [0.1, 0.15) is 15.9 Å². The fourth-order valence-corrected chi connectivity index (χ4v) is 4.00. The normalized spacial score (nSPS) is 13.5. The highest BCUT2D eigenvalue weighted by molar-refractivity contribution is 6.53. The Morgan fingerprint density at radius 3 is 2.21 bits per heavy atom. The molecular formula is C24H16Cl3N3O3. The summed E-state index contributed by atoms with van der Waals surface area (Å²) in [5.74, 6) is -1.66. The monoisotopic (exact) mass is 499 g/mol. The number of amides is 3. The number of hydrogen-bond donors (Lipinski definition) is 2. The van der Waals surface area contributed by atoms with E-state index in [1.165, 1.54) is 18.2 Å². The van der Waals surface area contributed by atoms with Crippen molar-refractivity contribution in [2.45, 2.75) is 6.54 Å². The summed E-state index contributed by atoms with van der Waals surface area (Å²) in [4.78, 5) is 39.1. The van der Waals surface area contributed by atoms with Gasteiger partial charge in [-0.25, -0.2) is 4.90 Å². The van der Waals surface area contributed by atoms with Crippen molar-refractivity contribution in [2.75, 3.05) is 10.2 Å². The Morgan fingerprint density at radius 1 is 0.818 bits per heavy atom. The van der Waals surface area contributed by atoms with Crippen molar-refractivity contribution in [1.29, 1.82) is 0 Å². The van der Waals surface area contributed by atoms with Crippen LogP contribution >= 0.6 is 34.8 Å². The molecule has 3 aromatic rings. The Hall–Kier alpha value is -3.32. The van der Waals surface area contributed by atoms with Gasteiger partial charge in [0.15, 0.2) is 0 Å². The Bertz CT molecular complexity index is 1270. The molecule has 0 spiro atoms. The van der Waals surface area contributed by atoms with Crippen LogP contribution in [-0.2, 0) is 16.1 Å². The molecule has 0 aromatic heterocycles. The minimum absolute atomic E-state index is 0.111. The van der Waals surface area contributed by atoms with Crippen LogP contribution < -0.4 is 15.5 Å². The first kappa shape index (κ1) is 22.9. The van der Waals surface area contributed by atoms with Crippen LogP contribution in [-0.4, -0.2) is 17.7 Å². The third-order valence-electron chi connectivity index (χ3n) is 4.82. The zero-order valence-corrected chi connectivity index (χ0v) is 19.2. The number of carbonyl (C=O) groups is 3. The minimum atomic E-state index is -0.709. The van der Waals surface area contributed by atoms with E-state index in [4.69, 9.17) is 34.8 Å². The molecule has 0 fully saturated rings. The molecule has 0 unspecified atom stereocenters. The Kier molecular flexibility index (Phi) is 6.70. The summed E-state index contributed by atoms with van der Waals surface area (Å²) in [5.41, 5.74) is 1.85. The van der Waals surface area contributed by atoms with Gasteiger partial charge in [0.25, 0.3) is 17.7 Å². The lowest BCUT2D eigenvalue weighted by atomic mass is 10.1. The fourth-order valence-electron chi connectivity index (χ4n) is 3.28. The third-order valence-corrected chi connectivity index (χ3v) is 5.61. The molecule has 6 nitrogen and oxygen atoms in total. The zero-order valence-electron chi connectivity index (χ0n) is 16.9. The number of carbonyl (C=O) groups excluding carboxylic acids is 3. The first-order valence-corrected chi connectivity index (χ1v) is 10.9. The van der Waals surface area contributed by atoms with Crippen LogP contribution in [0, 0.1) is 0 Å². The van der Waals surface area contributed by atoms with E-state index in [1.54, 1.807) is 24.3 Å². The van der Waals surface area contributed by atoms with Gasteiger partial charge in [-0.3, -0.25) is 14.4 Å². The molecule has 0 bridgehead atoms. The van der Waals surface area contributed by atoms with Crippen LogP contribution in [0.15, 0.2) is 83.5 Å². The number of nitrogens with zero attached hydrogens (tertiary/aromatic N) is 1. The summed E-state index contributed by atoms with van der Waals surface area (Å²) in [6, 6.07) is 20.4. The second-order valence-electron chi connectivity index (χ2n) is 7.14. The lowest BCUT2D eigenvalue weighted by Crippen LogP contribution is -2.32. The van der Waals surface area contributed by atoms with Gasteiger partial charge in [0.2, 0.25) is 0 Å². The predicted octanol–water partition coefficient (Wildman–Crippen LogP) is 5.36. The molecule has 0 saturated heterocycles. The van der Waals surface area contributed by atoms with E-state index in [0.717, 1.165) is 10.5 Å². The number of rotatable bonds is 6. The van der Waals surface area contributed by atoms with Crippen LogP contribution in [0.5, 0.6) is 0 Å². The molecular weight excluding hydrogens is 485 g/mol. The van der Waals surface area contributed by atoms with Crippen molar-refractivity contribution in [2.24, 2.45) is 0 Å². The van der Waals surface area contributed by atoms with Gasteiger partial charge in [0, 0.05) is 27.8 Å². The molecule has 1 heterocycles. The summed E-state index contributed by atoms with van der Waals surface area (Å²) in [6.07, 6.45) is 0. The quantitative estimate of drug-likeness (QED) is 0.447. The van der Waals surface area contributed by atoms with Crippen molar-refractivity contribution in [3.05, 3.63) is 105 Å². The SMILES string of the molecule is O=C(NCc1ccccc1)c1cccc(NC2=C(Cl)C(=O)N(c3cc(Cl)cc(Cl)c3)C2=O)c1. The largest absolute Gasteiger partial charge is 0.350 e. The molecule has 33 heavy (non-hydrogen) atoms. The molecule has 9 heteroatoms. The molecule has 0 radical (unpaired) electrons. The Morgan fingerprint density at radius 2 is 1.52 bits per heavy atom. The van der Waals surface area contributed by atoms with E-state index in [9.17, 15) is 14.4 Å². The van der Waals surface area contributed by atoms with Gasteiger partial charge in [-0.15, -0.1) is 0 Å². The van der Waals surface area contributed by atoms with Crippen LogP contribution in [0.25, 0.3) is 0 Å². The first-order chi connectivity index (χ1) is 15.8. The molecule has 1 aliphatic rings. The zero-order chi connectivity index (χ0) is 23.5. The molecule has 3 amide bonds. The van der Waals surface area contributed by atoms with Crippen LogP contribution in [0.4, 0.5) is 11.4 Å². The van der Waals surface area contributed by atoms with Gasteiger partial charge in [0.05, 0.1) is 5.69 Å². The summed E-state index contributed by atoms with van der Waals surface area (Å²) >= 11 is 18.2. The van der Waals surface area contributed by atoms with Crippen molar-refractivity contribution >= 4 is 63.9 Å². The van der Waals surface area contributed by atoms with Gasteiger partial charge in [-0.05, 0) is 42.0 Å². The van der Waals surface area contributed by atoms with E-state index >= 15 is 0 Å². The van der Waals surface area contributed by atoms with Crippen LogP contribution in [0.3, 0.4) is 0 Å². The van der Waals surface area contributed by atoms with Gasteiger partial charge in [-0.1, -0.05) is 71.2 Å². The number of anilines is 2. The fraction of sp³-hybridized carbons (Fsp3) is 0.0417. The molecule has 0 saturated carbocycles. The number of hydrogen-bond acceptors (Lipinski definition) is 4. The predicted molar refractivity (Wildman–Crippen MR) is 130 cm³/mol. The standard InChI is InChI=1S/C24H16Cl3N3O3/c25-16-10-17(26)12-19(11-16)30-23(32)20(27)21(24(30)33)29-18-8-4-7-15(9-18)22(31)28-13-14-5-2-1-3-6-14/h1-12,29H,13H2,(H,28,31). The number of halogens is 3. The van der Waals surface area contributed by atoms with E-state index < -0.39 is 11.8 Å². The summed E-state index contributed by atoms with van der Waals surface area (Å²) in [7, 11) is 0. The van der Waals surface area contributed by atoms with Gasteiger partial charge >= 0.3 is 0 Å². The first-order valence-electron chi connectivity index (χ1n) is 9.77. The number of nitrogens with one attached hydrogen (secondary N) is 2. The van der Waals surface area contributed by atoms with E-state index in [-0.39, 0.29) is 32.4 Å². The maximum absolute atomic E-state index is 13.0. The Balaban J connectivity index is 1.51. The highest BCUT2D eigenvalue weighted by atomic mass is 35.5. The molecule has 0 atom stereocenters. The minimum Gasteiger partial charge on any atom is -0.350 e. The molecule has 0 aliphatic carbocycles. The average molecular weight is 501 g/mol. The average Bonchev–Trinajstić information content (AvgIpc) is 3.01. The van der Waals surface area contributed by atoms with Gasteiger partial charge < -0.3 is 10.6 Å². The molecule has 2 N–H and O–H groups in total. The van der Waals surface area contributed by atoms with Gasteiger partial charge in [0.1, 0.15) is 10.7 Å². The maximum Gasteiger partial charge on any atom is 0.283 e. The number of benzene rings is 3. The Labute approximate surface area is 204 Å². The third kappa shape index (κ3) is 5.03.